The highest BCUT2D eigenvalue weighted by Crippen LogP contribution is 2.19. The highest BCUT2D eigenvalue weighted by Gasteiger charge is 2.10. The van der Waals surface area contributed by atoms with Crippen molar-refractivity contribution in [2.24, 2.45) is 0 Å². The molecule has 5 heteroatoms. The van der Waals surface area contributed by atoms with Crippen LogP contribution in [0.4, 0.5) is 11.6 Å². The maximum atomic E-state index is 5.32. The number of rotatable bonds is 5. The molecule has 0 atom stereocenters. The van der Waals surface area contributed by atoms with Crippen LogP contribution in [0.3, 0.4) is 0 Å². The predicted octanol–water partition coefficient (Wildman–Crippen LogP) is 2.62. The van der Waals surface area contributed by atoms with Crippen LogP contribution in [0.25, 0.3) is 0 Å². The average Bonchev–Trinajstić information content (AvgIpc) is 2.83. The fraction of sp³-hybridized carbons (Fsp3) is 0.429. The minimum atomic E-state index is 0.769. The fourth-order valence-electron chi connectivity index (χ4n) is 1.88. The fourth-order valence-corrected chi connectivity index (χ4v) is 1.88. The molecule has 0 spiro atoms. The van der Waals surface area contributed by atoms with Crippen LogP contribution < -0.4 is 10.2 Å². The van der Waals surface area contributed by atoms with Gasteiger partial charge in [-0.2, -0.15) is 0 Å². The molecule has 19 heavy (non-hydrogen) atoms. The lowest BCUT2D eigenvalue weighted by Crippen LogP contribution is -2.19. The van der Waals surface area contributed by atoms with E-state index in [1.807, 2.05) is 33.2 Å². The van der Waals surface area contributed by atoms with Gasteiger partial charge in [0.2, 0.25) is 0 Å². The molecule has 0 aliphatic carbocycles. The molecule has 0 unspecified atom stereocenters. The maximum absolute atomic E-state index is 5.32. The van der Waals surface area contributed by atoms with E-state index in [1.54, 1.807) is 6.26 Å². The molecule has 0 amide bonds. The van der Waals surface area contributed by atoms with E-state index >= 15 is 0 Å². The van der Waals surface area contributed by atoms with Crippen LogP contribution in [0.1, 0.15) is 24.1 Å². The van der Waals surface area contributed by atoms with Gasteiger partial charge in [0.05, 0.1) is 6.26 Å². The Morgan fingerprint density at radius 2 is 2.16 bits per heavy atom. The van der Waals surface area contributed by atoms with Crippen molar-refractivity contribution in [3.05, 3.63) is 35.5 Å². The van der Waals surface area contributed by atoms with Crippen molar-refractivity contribution in [1.82, 2.24) is 9.97 Å². The van der Waals surface area contributed by atoms with E-state index in [4.69, 9.17) is 4.42 Å². The summed E-state index contributed by atoms with van der Waals surface area (Å²) in [5, 5.41) is 3.07. The smallest absolute Gasteiger partial charge is 0.134 e. The Morgan fingerprint density at radius 3 is 2.74 bits per heavy atom. The number of nitrogens with one attached hydrogen (secondary N) is 1. The van der Waals surface area contributed by atoms with E-state index in [-0.39, 0.29) is 0 Å². The number of hydrogen-bond donors (Lipinski definition) is 1. The minimum absolute atomic E-state index is 0.769. The first-order valence-electron chi connectivity index (χ1n) is 6.43. The highest BCUT2D eigenvalue weighted by atomic mass is 16.3. The summed E-state index contributed by atoms with van der Waals surface area (Å²) in [7, 11) is 3.89. The average molecular weight is 260 g/mol. The third-order valence-electron chi connectivity index (χ3n) is 3.10. The summed E-state index contributed by atoms with van der Waals surface area (Å²) in [6, 6.07) is 3.95. The second kappa shape index (κ2) is 5.73. The molecule has 0 fully saturated rings. The van der Waals surface area contributed by atoms with Gasteiger partial charge in [-0.15, -0.1) is 0 Å². The lowest BCUT2D eigenvalue weighted by Gasteiger charge is -2.19. The molecule has 0 radical (unpaired) electrons. The number of hydrogen-bond acceptors (Lipinski definition) is 5. The zero-order valence-corrected chi connectivity index (χ0v) is 11.9. The molecule has 2 aromatic rings. The molecule has 2 heterocycles. The molecule has 2 rings (SSSR count). The van der Waals surface area contributed by atoms with Crippen molar-refractivity contribution in [3.63, 3.8) is 0 Å². The molecule has 2 aromatic heterocycles. The first-order chi connectivity index (χ1) is 9.13. The summed E-state index contributed by atoms with van der Waals surface area (Å²) in [5.41, 5.74) is 1.17. The molecular weight excluding hydrogens is 240 g/mol. The Balaban J connectivity index is 2.23. The first-order valence-corrected chi connectivity index (χ1v) is 6.43. The van der Waals surface area contributed by atoms with E-state index in [0.717, 1.165) is 36.2 Å². The van der Waals surface area contributed by atoms with E-state index in [0.29, 0.717) is 0 Å². The number of anilines is 2. The predicted molar refractivity (Wildman–Crippen MR) is 76.5 cm³/mol. The normalized spacial score (nSPS) is 10.5. The van der Waals surface area contributed by atoms with Crippen LogP contribution in [0.5, 0.6) is 0 Å². The molecule has 0 aliphatic heterocycles. The maximum Gasteiger partial charge on any atom is 0.134 e. The van der Waals surface area contributed by atoms with Gasteiger partial charge >= 0.3 is 0 Å². The monoisotopic (exact) mass is 260 g/mol. The van der Waals surface area contributed by atoms with E-state index in [2.05, 4.69) is 27.1 Å². The third-order valence-corrected chi connectivity index (χ3v) is 3.10. The Morgan fingerprint density at radius 1 is 1.37 bits per heavy atom. The quantitative estimate of drug-likeness (QED) is 0.895. The molecule has 102 valence electrons. The van der Waals surface area contributed by atoms with Gasteiger partial charge in [0, 0.05) is 38.7 Å². The summed E-state index contributed by atoms with van der Waals surface area (Å²) >= 11 is 0. The van der Waals surface area contributed by atoms with Gasteiger partial charge in [-0.25, -0.2) is 9.97 Å². The number of furan rings is 1. The Hall–Kier alpha value is -2.04. The summed E-state index contributed by atoms with van der Waals surface area (Å²) in [6.45, 7) is 4.80. The molecule has 5 nitrogen and oxygen atoms in total. The summed E-state index contributed by atoms with van der Waals surface area (Å²) in [5.74, 6) is 3.55. The first kappa shape index (κ1) is 13.4. The van der Waals surface area contributed by atoms with Crippen LogP contribution in [0, 0.1) is 6.92 Å². The van der Waals surface area contributed by atoms with E-state index in [1.165, 1.54) is 5.56 Å². The SMILES string of the molecule is CCc1nc(NC)cc(N(C)Cc2ccoc2C)n1. The molecule has 0 saturated carbocycles. The van der Waals surface area contributed by atoms with Crippen LogP contribution in [0.15, 0.2) is 22.8 Å². The summed E-state index contributed by atoms with van der Waals surface area (Å²) in [4.78, 5) is 11.1. The van der Waals surface area contributed by atoms with Crippen molar-refractivity contribution in [2.45, 2.75) is 26.8 Å². The van der Waals surface area contributed by atoms with Crippen LogP contribution in [0.2, 0.25) is 0 Å². The van der Waals surface area contributed by atoms with E-state index < -0.39 is 0 Å². The van der Waals surface area contributed by atoms with Crippen LogP contribution >= 0.6 is 0 Å². The van der Waals surface area contributed by atoms with Crippen molar-refractivity contribution in [1.29, 1.82) is 0 Å². The topological polar surface area (TPSA) is 54.2 Å². The van der Waals surface area contributed by atoms with Gasteiger partial charge in [-0.3, -0.25) is 0 Å². The zero-order chi connectivity index (χ0) is 13.8. The minimum Gasteiger partial charge on any atom is -0.469 e. The van der Waals surface area contributed by atoms with Crippen molar-refractivity contribution < 1.29 is 4.42 Å². The molecule has 0 saturated heterocycles. The summed E-state index contributed by atoms with van der Waals surface area (Å²) < 4.78 is 5.32. The molecular formula is C14H20N4O. The highest BCUT2D eigenvalue weighted by molar-refractivity contribution is 5.49. The lowest BCUT2D eigenvalue weighted by atomic mass is 10.2. The second-order valence-corrected chi connectivity index (χ2v) is 4.49. The van der Waals surface area contributed by atoms with Crippen LogP contribution in [-0.2, 0) is 13.0 Å². The van der Waals surface area contributed by atoms with Crippen molar-refractivity contribution in [2.75, 3.05) is 24.3 Å². The van der Waals surface area contributed by atoms with Crippen molar-refractivity contribution in [3.8, 4) is 0 Å². The van der Waals surface area contributed by atoms with Crippen LogP contribution in [-0.4, -0.2) is 24.1 Å². The van der Waals surface area contributed by atoms with Gasteiger partial charge < -0.3 is 14.6 Å². The van der Waals surface area contributed by atoms with Gasteiger partial charge in [-0.05, 0) is 13.0 Å². The summed E-state index contributed by atoms with van der Waals surface area (Å²) in [6.07, 6.45) is 2.54. The molecule has 0 aromatic carbocycles. The van der Waals surface area contributed by atoms with Gasteiger partial charge in [0.1, 0.15) is 23.2 Å². The molecule has 0 bridgehead atoms. The van der Waals surface area contributed by atoms with Gasteiger partial charge in [0.25, 0.3) is 0 Å². The Bertz CT molecular complexity index is 528. The number of aryl methyl sites for hydroxylation is 2. The third kappa shape index (κ3) is 3.05. The lowest BCUT2D eigenvalue weighted by molar-refractivity contribution is 0.529. The second-order valence-electron chi connectivity index (χ2n) is 4.49. The van der Waals surface area contributed by atoms with Gasteiger partial charge in [-0.1, -0.05) is 6.92 Å². The van der Waals surface area contributed by atoms with E-state index in [9.17, 15) is 0 Å². The number of nitrogens with zero attached hydrogens (tertiary/aromatic N) is 3. The largest absolute Gasteiger partial charge is 0.469 e. The zero-order valence-electron chi connectivity index (χ0n) is 11.9. The van der Waals surface area contributed by atoms with Crippen molar-refractivity contribution >= 4 is 11.6 Å². The Labute approximate surface area is 113 Å². The van der Waals surface area contributed by atoms with Gasteiger partial charge in [0.15, 0.2) is 0 Å². The molecule has 1 N–H and O–H groups in total. The number of aromatic nitrogens is 2. The molecule has 0 aliphatic rings. The standard InChI is InChI=1S/C14H20N4O/c1-5-12-16-13(15-3)8-14(17-12)18(4)9-11-6-7-19-10(11)2/h6-8H,5,9H2,1-4H3,(H,15,16,17). The Kier molecular flexibility index (Phi) is 4.04.